The lowest BCUT2D eigenvalue weighted by Gasteiger charge is -2.13. The first-order valence-electron chi connectivity index (χ1n) is 6.80. The van der Waals surface area contributed by atoms with Crippen molar-refractivity contribution in [1.29, 1.82) is 0 Å². The van der Waals surface area contributed by atoms with Crippen LogP contribution >= 0.6 is 11.6 Å². The summed E-state index contributed by atoms with van der Waals surface area (Å²) in [4.78, 5) is 24.0. The lowest BCUT2D eigenvalue weighted by molar-refractivity contribution is 0.101. The molecule has 5 nitrogen and oxygen atoms in total. The first-order chi connectivity index (χ1) is 11.0. The number of anilines is 1. The molecule has 0 atom stereocenters. The third-order valence-corrected chi connectivity index (χ3v) is 3.53. The van der Waals surface area contributed by atoms with E-state index in [0.29, 0.717) is 28.3 Å². The molecular weight excluding hydrogens is 318 g/mol. The Balaban J connectivity index is 2.35. The third kappa shape index (κ3) is 3.63. The second-order valence-corrected chi connectivity index (χ2v) is 5.16. The van der Waals surface area contributed by atoms with Gasteiger partial charge in [0.05, 0.1) is 24.9 Å². The minimum Gasteiger partial charge on any atom is -0.493 e. The summed E-state index contributed by atoms with van der Waals surface area (Å²) in [5, 5.41) is 2.97. The molecule has 23 heavy (non-hydrogen) atoms. The van der Waals surface area contributed by atoms with Crippen LogP contribution in [0, 0.1) is 0 Å². The van der Waals surface area contributed by atoms with Crippen LogP contribution in [0.1, 0.15) is 27.6 Å². The van der Waals surface area contributed by atoms with Crippen LogP contribution in [0.25, 0.3) is 0 Å². The zero-order valence-corrected chi connectivity index (χ0v) is 13.7. The molecule has 1 N–H and O–H groups in total. The second-order valence-electron chi connectivity index (χ2n) is 4.75. The molecule has 120 valence electrons. The largest absolute Gasteiger partial charge is 0.493 e. The van der Waals surface area contributed by atoms with Crippen LogP contribution in [0.4, 0.5) is 5.69 Å². The van der Waals surface area contributed by atoms with Crippen LogP contribution in [-0.4, -0.2) is 25.9 Å². The molecular formula is C17H16ClNO4. The molecule has 2 aromatic rings. The molecule has 0 bridgehead atoms. The summed E-state index contributed by atoms with van der Waals surface area (Å²) in [5.74, 6) is 0.174. The highest BCUT2D eigenvalue weighted by atomic mass is 35.5. The molecule has 0 spiro atoms. The molecule has 2 aromatic carbocycles. The fourth-order valence-corrected chi connectivity index (χ4v) is 2.43. The molecule has 1 amide bonds. The Bertz CT molecular complexity index is 758. The fourth-order valence-electron chi connectivity index (χ4n) is 2.14. The van der Waals surface area contributed by atoms with Crippen LogP contribution in [0.15, 0.2) is 36.4 Å². The summed E-state index contributed by atoms with van der Waals surface area (Å²) in [6.45, 7) is 1.44. The summed E-state index contributed by atoms with van der Waals surface area (Å²) >= 11 is 6.10. The number of hydrogen-bond donors (Lipinski definition) is 1. The van der Waals surface area contributed by atoms with E-state index in [1.54, 1.807) is 24.3 Å². The quantitative estimate of drug-likeness (QED) is 0.845. The lowest BCUT2D eigenvalue weighted by Crippen LogP contribution is -2.14. The van der Waals surface area contributed by atoms with Gasteiger partial charge in [0, 0.05) is 11.1 Å². The Hall–Kier alpha value is -2.53. The molecule has 0 aliphatic carbocycles. The molecule has 0 heterocycles. The van der Waals surface area contributed by atoms with Crippen molar-refractivity contribution in [2.75, 3.05) is 19.5 Å². The highest BCUT2D eigenvalue weighted by molar-refractivity contribution is 6.32. The standard InChI is InChI=1S/C17H16ClNO4/c1-10(20)12-6-4-5-7-14(12)19-17(21)11-8-13(18)16(23-3)15(9-11)22-2/h4-9H,1-3H3,(H,19,21). The Morgan fingerprint density at radius 3 is 2.39 bits per heavy atom. The summed E-state index contributed by atoms with van der Waals surface area (Å²) in [5.41, 5.74) is 1.18. The molecule has 0 fully saturated rings. The Morgan fingerprint density at radius 1 is 1.09 bits per heavy atom. The molecule has 0 saturated heterocycles. The maximum atomic E-state index is 12.4. The van der Waals surface area contributed by atoms with Crippen LogP contribution in [0.2, 0.25) is 5.02 Å². The maximum absolute atomic E-state index is 12.4. The van der Waals surface area contributed by atoms with E-state index in [-0.39, 0.29) is 10.8 Å². The van der Waals surface area contributed by atoms with E-state index >= 15 is 0 Å². The molecule has 0 radical (unpaired) electrons. The van der Waals surface area contributed by atoms with Gasteiger partial charge < -0.3 is 14.8 Å². The van der Waals surface area contributed by atoms with Gasteiger partial charge in [0.1, 0.15) is 0 Å². The molecule has 0 unspecified atom stereocenters. The summed E-state index contributed by atoms with van der Waals surface area (Å²) in [6.07, 6.45) is 0. The predicted molar refractivity (Wildman–Crippen MR) is 89.0 cm³/mol. The van der Waals surface area contributed by atoms with Crippen molar-refractivity contribution >= 4 is 29.0 Å². The van der Waals surface area contributed by atoms with Gasteiger partial charge >= 0.3 is 0 Å². The number of nitrogens with one attached hydrogen (secondary N) is 1. The van der Waals surface area contributed by atoms with Crippen molar-refractivity contribution in [1.82, 2.24) is 0 Å². The number of para-hydroxylation sites is 1. The van der Waals surface area contributed by atoms with Crippen LogP contribution < -0.4 is 14.8 Å². The van der Waals surface area contributed by atoms with E-state index in [1.165, 1.54) is 33.3 Å². The third-order valence-electron chi connectivity index (χ3n) is 3.25. The number of Topliss-reactive ketones (excluding diaryl/α,β-unsaturated/α-hetero) is 1. The topological polar surface area (TPSA) is 64.6 Å². The van der Waals surface area contributed by atoms with Gasteiger partial charge in [0.2, 0.25) is 0 Å². The highest BCUT2D eigenvalue weighted by Crippen LogP contribution is 2.36. The fraction of sp³-hybridized carbons (Fsp3) is 0.176. The van der Waals surface area contributed by atoms with E-state index in [4.69, 9.17) is 21.1 Å². The second kappa shape index (κ2) is 7.15. The van der Waals surface area contributed by atoms with Gasteiger partial charge in [0.25, 0.3) is 5.91 Å². The van der Waals surface area contributed by atoms with Crippen molar-refractivity contribution in [3.63, 3.8) is 0 Å². The molecule has 0 aromatic heterocycles. The van der Waals surface area contributed by atoms with Gasteiger partial charge in [-0.25, -0.2) is 0 Å². The lowest BCUT2D eigenvalue weighted by atomic mass is 10.1. The minimum atomic E-state index is -0.401. The Morgan fingerprint density at radius 2 is 1.78 bits per heavy atom. The maximum Gasteiger partial charge on any atom is 0.255 e. The number of halogens is 1. The van der Waals surface area contributed by atoms with Gasteiger partial charge in [-0.15, -0.1) is 0 Å². The number of rotatable bonds is 5. The minimum absolute atomic E-state index is 0.133. The van der Waals surface area contributed by atoms with E-state index in [9.17, 15) is 9.59 Å². The number of benzene rings is 2. The Kier molecular flexibility index (Phi) is 5.24. The monoisotopic (exact) mass is 333 g/mol. The number of ketones is 1. The van der Waals surface area contributed by atoms with Crippen molar-refractivity contribution in [3.05, 3.63) is 52.5 Å². The summed E-state index contributed by atoms with van der Waals surface area (Å²) in [7, 11) is 2.92. The zero-order valence-electron chi connectivity index (χ0n) is 13.0. The van der Waals surface area contributed by atoms with Crippen LogP contribution in [0.3, 0.4) is 0 Å². The average Bonchev–Trinajstić information content (AvgIpc) is 2.54. The van der Waals surface area contributed by atoms with Crippen molar-refractivity contribution in [2.24, 2.45) is 0 Å². The Labute approximate surface area is 139 Å². The van der Waals surface area contributed by atoms with Gasteiger partial charge in [-0.05, 0) is 31.2 Å². The van der Waals surface area contributed by atoms with Crippen molar-refractivity contribution < 1.29 is 19.1 Å². The first kappa shape index (κ1) is 16.8. The smallest absolute Gasteiger partial charge is 0.255 e. The number of methoxy groups -OCH3 is 2. The average molecular weight is 334 g/mol. The van der Waals surface area contributed by atoms with E-state index in [1.807, 2.05) is 0 Å². The SMILES string of the molecule is COc1cc(C(=O)Nc2ccccc2C(C)=O)cc(Cl)c1OC. The van der Waals surface area contributed by atoms with Gasteiger partial charge in [-0.2, -0.15) is 0 Å². The number of ether oxygens (including phenoxy) is 2. The van der Waals surface area contributed by atoms with Gasteiger partial charge in [-0.1, -0.05) is 23.7 Å². The van der Waals surface area contributed by atoms with Crippen molar-refractivity contribution in [3.8, 4) is 11.5 Å². The van der Waals surface area contributed by atoms with Crippen LogP contribution in [-0.2, 0) is 0 Å². The van der Waals surface area contributed by atoms with E-state index in [0.717, 1.165) is 0 Å². The number of carbonyl (C=O) groups excluding carboxylic acids is 2. The predicted octanol–water partition coefficient (Wildman–Crippen LogP) is 3.81. The molecule has 6 heteroatoms. The zero-order chi connectivity index (χ0) is 17.0. The molecule has 0 saturated carbocycles. The molecule has 2 rings (SSSR count). The molecule has 0 aliphatic heterocycles. The number of hydrogen-bond acceptors (Lipinski definition) is 4. The first-order valence-corrected chi connectivity index (χ1v) is 7.18. The normalized spacial score (nSPS) is 10.1. The van der Waals surface area contributed by atoms with E-state index < -0.39 is 5.91 Å². The highest BCUT2D eigenvalue weighted by Gasteiger charge is 2.16. The number of amides is 1. The summed E-state index contributed by atoms with van der Waals surface area (Å²) < 4.78 is 10.3. The van der Waals surface area contributed by atoms with Crippen molar-refractivity contribution in [2.45, 2.75) is 6.92 Å². The van der Waals surface area contributed by atoms with Gasteiger partial charge in [-0.3, -0.25) is 9.59 Å². The van der Waals surface area contributed by atoms with Gasteiger partial charge in [0.15, 0.2) is 17.3 Å². The number of carbonyl (C=O) groups is 2. The molecule has 0 aliphatic rings. The van der Waals surface area contributed by atoms with E-state index in [2.05, 4.69) is 5.32 Å². The van der Waals surface area contributed by atoms with Crippen LogP contribution in [0.5, 0.6) is 11.5 Å². The summed E-state index contributed by atoms with van der Waals surface area (Å²) in [6, 6.07) is 9.80.